The van der Waals surface area contributed by atoms with E-state index in [1.807, 2.05) is 0 Å². The van der Waals surface area contributed by atoms with Crippen molar-refractivity contribution in [2.45, 2.75) is 199 Å². The number of phosphoric ester groups is 1. The highest BCUT2D eigenvalue weighted by Gasteiger charge is 2.36. The fourth-order valence-electron chi connectivity index (χ4n) is 6.00. The molecule has 0 aromatic heterocycles. The van der Waals surface area contributed by atoms with Crippen LogP contribution in [0.25, 0.3) is 0 Å². The minimum Gasteiger partial charge on any atom is -0.457 e. The number of carbonyl (C=O) groups excluding carboxylic acids is 1. The number of unbranched alkanes of at least 4 members (excludes halogenated alkanes) is 20. The molecule has 0 aromatic rings. The third-order valence-corrected chi connectivity index (χ3v) is 10.1. The Balaban J connectivity index is 2.13. The zero-order valence-electron chi connectivity index (χ0n) is 31.6. The number of rotatable bonds is 38. The number of ether oxygens (including phenoxy) is 3. The van der Waals surface area contributed by atoms with Gasteiger partial charge in [-0.1, -0.05) is 148 Å². The number of phosphoric acid groups is 1. The van der Waals surface area contributed by atoms with Crippen LogP contribution in [0.4, 0.5) is 0 Å². The van der Waals surface area contributed by atoms with Crippen molar-refractivity contribution in [1.29, 1.82) is 0 Å². The van der Waals surface area contributed by atoms with Crippen LogP contribution in [0.2, 0.25) is 0 Å². The Morgan fingerprint density at radius 1 is 0.714 bits per heavy atom. The molecule has 0 aliphatic carbocycles. The van der Waals surface area contributed by atoms with Gasteiger partial charge in [-0.2, -0.15) is 0 Å². The fraction of sp³-hybridized carbons (Fsp3) is 0.923. The zero-order chi connectivity index (χ0) is 35.7. The lowest BCUT2D eigenvalue weighted by atomic mass is 10.0. The Kier molecular flexibility index (Phi) is 31.2. The van der Waals surface area contributed by atoms with E-state index in [2.05, 4.69) is 26.0 Å². The van der Waals surface area contributed by atoms with Crippen molar-refractivity contribution < 1.29 is 37.5 Å². The molecular formula is C39H76NO8P. The second kappa shape index (κ2) is 33.1. The second-order valence-electron chi connectivity index (χ2n) is 13.9. The molecule has 0 saturated carbocycles. The maximum Gasteiger partial charge on any atom is 0.472 e. The number of hydrogen-bond acceptors (Lipinski definition) is 8. The van der Waals surface area contributed by atoms with E-state index >= 15 is 0 Å². The number of esters is 1. The van der Waals surface area contributed by atoms with E-state index in [1.54, 1.807) is 0 Å². The minimum atomic E-state index is -4.27. The smallest absolute Gasteiger partial charge is 0.457 e. The van der Waals surface area contributed by atoms with Crippen LogP contribution >= 0.6 is 7.82 Å². The standard InChI is InChI=1S/C39H76NO8P/c1-3-5-7-8-9-10-11-12-13-14-17-20-23-27-32-44-34-36(35-46-49(42,43)45-33-31-40)47-39(41)30-26-22-19-16-15-18-21-25-29-38-37(48-38)28-24-6-4-2/h21,25,36-38H,3-20,22-24,26-35,40H2,1-2H3,(H,42,43)/b25-21-. The number of hydrogen-bond donors (Lipinski definition) is 2. The molecule has 10 heteroatoms. The number of carbonyl (C=O) groups is 1. The molecule has 9 nitrogen and oxygen atoms in total. The molecule has 0 spiro atoms. The molecule has 0 bridgehead atoms. The molecule has 3 N–H and O–H groups in total. The molecule has 1 fully saturated rings. The summed E-state index contributed by atoms with van der Waals surface area (Å²) in [6.45, 7) is 4.88. The SMILES string of the molecule is CCCCCCCCCCCCCCCCOCC(COP(=O)(O)OCCN)OC(=O)CCCCCCC/C=C\CC1OC1CCCCC. The fourth-order valence-corrected chi connectivity index (χ4v) is 6.77. The molecule has 0 radical (unpaired) electrons. The zero-order valence-corrected chi connectivity index (χ0v) is 32.5. The van der Waals surface area contributed by atoms with Gasteiger partial charge < -0.3 is 24.8 Å². The first-order chi connectivity index (χ1) is 23.9. The van der Waals surface area contributed by atoms with E-state index in [0.717, 1.165) is 57.8 Å². The average molecular weight is 718 g/mol. The van der Waals surface area contributed by atoms with Crippen LogP contribution in [0.3, 0.4) is 0 Å². The van der Waals surface area contributed by atoms with Crippen LogP contribution in [0.5, 0.6) is 0 Å². The van der Waals surface area contributed by atoms with Crippen molar-refractivity contribution in [3.8, 4) is 0 Å². The second-order valence-corrected chi connectivity index (χ2v) is 15.3. The Morgan fingerprint density at radius 2 is 1.29 bits per heavy atom. The third-order valence-electron chi connectivity index (χ3n) is 9.11. The van der Waals surface area contributed by atoms with Gasteiger partial charge in [0, 0.05) is 19.6 Å². The van der Waals surface area contributed by atoms with Gasteiger partial charge in [0.1, 0.15) is 6.10 Å². The maximum absolute atomic E-state index is 12.6. The number of epoxide rings is 1. The van der Waals surface area contributed by atoms with Crippen LogP contribution in [0, 0.1) is 0 Å². The Morgan fingerprint density at radius 3 is 1.92 bits per heavy atom. The summed E-state index contributed by atoms with van der Waals surface area (Å²) < 4.78 is 39.1. The van der Waals surface area contributed by atoms with Crippen LogP contribution in [0.15, 0.2) is 12.2 Å². The van der Waals surface area contributed by atoms with Crippen molar-refractivity contribution in [1.82, 2.24) is 0 Å². The third kappa shape index (κ3) is 30.5. The summed E-state index contributed by atoms with van der Waals surface area (Å²) in [5.74, 6) is -0.345. The first-order valence-corrected chi connectivity index (χ1v) is 21.8. The molecule has 1 heterocycles. The van der Waals surface area contributed by atoms with Gasteiger partial charge in [0.25, 0.3) is 0 Å². The van der Waals surface area contributed by atoms with Gasteiger partial charge in [0.15, 0.2) is 0 Å². The summed E-state index contributed by atoms with van der Waals surface area (Å²) in [5.41, 5.74) is 5.36. The van der Waals surface area contributed by atoms with Gasteiger partial charge in [-0.3, -0.25) is 13.8 Å². The Bertz CT molecular complexity index is 829. The van der Waals surface area contributed by atoms with E-state index in [1.165, 1.54) is 103 Å². The summed E-state index contributed by atoms with van der Waals surface area (Å²) in [6.07, 6.45) is 35.3. The Labute approximate surface area is 300 Å². The van der Waals surface area contributed by atoms with Gasteiger partial charge in [-0.15, -0.1) is 0 Å². The quantitative estimate of drug-likeness (QED) is 0.0211. The van der Waals surface area contributed by atoms with Gasteiger partial charge in [0.2, 0.25) is 0 Å². The topological polar surface area (TPSA) is 130 Å². The lowest BCUT2D eigenvalue weighted by molar-refractivity contribution is -0.154. The van der Waals surface area contributed by atoms with Crippen molar-refractivity contribution in [2.24, 2.45) is 5.73 Å². The molecule has 49 heavy (non-hydrogen) atoms. The molecule has 1 saturated heterocycles. The van der Waals surface area contributed by atoms with Crippen molar-refractivity contribution >= 4 is 13.8 Å². The molecule has 1 aliphatic heterocycles. The molecule has 0 aromatic carbocycles. The van der Waals surface area contributed by atoms with Crippen molar-refractivity contribution in [3.63, 3.8) is 0 Å². The first kappa shape index (κ1) is 46.2. The lowest BCUT2D eigenvalue weighted by Gasteiger charge is -2.20. The van der Waals surface area contributed by atoms with Crippen LogP contribution in [0.1, 0.15) is 181 Å². The molecule has 1 rings (SSSR count). The van der Waals surface area contributed by atoms with E-state index < -0.39 is 13.9 Å². The normalized spacial score (nSPS) is 17.8. The molecular weight excluding hydrogens is 641 g/mol. The van der Waals surface area contributed by atoms with Crippen LogP contribution in [-0.2, 0) is 32.6 Å². The van der Waals surface area contributed by atoms with Gasteiger partial charge in [-0.25, -0.2) is 4.57 Å². The van der Waals surface area contributed by atoms with E-state index in [9.17, 15) is 14.3 Å². The summed E-state index contributed by atoms with van der Waals surface area (Å²) in [6, 6.07) is 0. The summed E-state index contributed by atoms with van der Waals surface area (Å²) in [4.78, 5) is 22.4. The van der Waals surface area contributed by atoms with Crippen LogP contribution in [-0.4, -0.2) is 62.1 Å². The summed E-state index contributed by atoms with van der Waals surface area (Å²) in [5, 5.41) is 0. The molecule has 0 amide bonds. The van der Waals surface area contributed by atoms with E-state index in [-0.39, 0.29) is 32.3 Å². The summed E-state index contributed by atoms with van der Waals surface area (Å²) in [7, 11) is -4.27. The Hall–Kier alpha value is -0.800. The molecule has 4 unspecified atom stereocenters. The minimum absolute atomic E-state index is 0.0980. The monoisotopic (exact) mass is 718 g/mol. The van der Waals surface area contributed by atoms with Crippen LogP contribution < -0.4 is 5.73 Å². The van der Waals surface area contributed by atoms with Gasteiger partial charge in [-0.05, 0) is 38.5 Å². The highest BCUT2D eigenvalue weighted by molar-refractivity contribution is 7.47. The number of nitrogens with two attached hydrogens (primary N) is 1. The van der Waals surface area contributed by atoms with Gasteiger partial charge in [0.05, 0.1) is 32.0 Å². The van der Waals surface area contributed by atoms with E-state index in [0.29, 0.717) is 25.2 Å². The average Bonchev–Trinajstić information content (AvgIpc) is 3.84. The highest BCUT2D eigenvalue weighted by atomic mass is 31.2. The highest BCUT2D eigenvalue weighted by Crippen LogP contribution is 2.43. The van der Waals surface area contributed by atoms with Gasteiger partial charge >= 0.3 is 13.8 Å². The molecule has 290 valence electrons. The lowest BCUT2D eigenvalue weighted by Crippen LogP contribution is -2.28. The first-order valence-electron chi connectivity index (χ1n) is 20.3. The molecule has 4 atom stereocenters. The maximum atomic E-state index is 12.6. The van der Waals surface area contributed by atoms with E-state index in [4.69, 9.17) is 29.0 Å². The largest absolute Gasteiger partial charge is 0.472 e. The van der Waals surface area contributed by atoms with Crippen molar-refractivity contribution in [3.05, 3.63) is 12.2 Å². The predicted molar refractivity (Wildman–Crippen MR) is 201 cm³/mol. The number of allylic oxidation sites excluding steroid dienone is 1. The predicted octanol–water partition coefficient (Wildman–Crippen LogP) is 10.5. The summed E-state index contributed by atoms with van der Waals surface area (Å²) >= 11 is 0. The van der Waals surface area contributed by atoms with Crippen molar-refractivity contribution in [2.75, 3.05) is 33.0 Å². The molecule has 1 aliphatic rings.